The summed E-state index contributed by atoms with van der Waals surface area (Å²) in [6, 6.07) is 4.92. The van der Waals surface area contributed by atoms with Gasteiger partial charge in [-0.2, -0.15) is 0 Å². The molecule has 0 aromatic carbocycles. The highest BCUT2D eigenvalue weighted by molar-refractivity contribution is 6.02. The van der Waals surface area contributed by atoms with Gasteiger partial charge in [0.2, 0.25) is 0 Å². The van der Waals surface area contributed by atoms with Crippen LogP contribution in [0.1, 0.15) is 18.9 Å². The molecule has 1 saturated heterocycles. The minimum Gasteiger partial charge on any atom is -0.346 e. The molecule has 1 aliphatic rings. The molecule has 0 unspecified atom stereocenters. The number of nitrogens with zero attached hydrogens (tertiary/aromatic N) is 2. The zero-order valence-electron chi connectivity index (χ0n) is 10.2. The molecular weight excluding hydrogens is 224 g/mol. The van der Waals surface area contributed by atoms with E-state index in [0.717, 1.165) is 18.7 Å². The van der Waals surface area contributed by atoms with Crippen molar-refractivity contribution in [3.8, 4) is 0 Å². The number of pyridine rings is 1. The molecule has 3 aromatic heterocycles. The van der Waals surface area contributed by atoms with Gasteiger partial charge in [-0.15, -0.1) is 0 Å². The Balaban J connectivity index is 1.96. The van der Waals surface area contributed by atoms with Gasteiger partial charge in [0.25, 0.3) is 0 Å². The molecule has 0 bridgehead atoms. The Kier molecular flexibility index (Phi) is 2.17. The number of aromatic amines is 1. The van der Waals surface area contributed by atoms with Crippen molar-refractivity contribution in [3.05, 3.63) is 30.7 Å². The average molecular weight is 240 g/mol. The molecule has 2 N–H and O–H groups in total. The van der Waals surface area contributed by atoms with E-state index in [4.69, 9.17) is 0 Å². The van der Waals surface area contributed by atoms with Gasteiger partial charge < -0.3 is 14.9 Å². The van der Waals surface area contributed by atoms with Crippen LogP contribution in [-0.4, -0.2) is 27.6 Å². The second-order valence-electron chi connectivity index (χ2n) is 5.01. The van der Waals surface area contributed by atoms with Crippen LogP contribution >= 0.6 is 0 Å². The molecule has 0 atom stereocenters. The van der Waals surface area contributed by atoms with Gasteiger partial charge >= 0.3 is 0 Å². The molecular formula is C14H16N4. The van der Waals surface area contributed by atoms with Crippen LogP contribution in [0.4, 0.5) is 0 Å². The predicted octanol–water partition coefficient (Wildman–Crippen LogP) is 2.44. The van der Waals surface area contributed by atoms with Crippen LogP contribution in [0.15, 0.2) is 30.7 Å². The largest absolute Gasteiger partial charge is 0.346 e. The molecule has 0 aliphatic carbocycles. The van der Waals surface area contributed by atoms with Gasteiger partial charge in [-0.3, -0.25) is 0 Å². The number of fused-ring (bicyclic) bond motifs is 3. The normalized spacial score (nSPS) is 17.8. The van der Waals surface area contributed by atoms with Crippen LogP contribution in [-0.2, 0) is 0 Å². The van der Waals surface area contributed by atoms with Crippen molar-refractivity contribution in [1.82, 2.24) is 19.9 Å². The number of nitrogens with one attached hydrogen (secondary N) is 2. The molecule has 18 heavy (non-hydrogen) atoms. The first kappa shape index (κ1) is 10.1. The van der Waals surface area contributed by atoms with Crippen LogP contribution in [0.2, 0.25) is 0 Å². The Labute approximate surface area is 105 Å². The first-order valence-electron chi connectivity index (χ1n) is 6.57. The van der Waals surface area contributed by atoms with Gasteiger partial charge in [0.1, 0.15) is 5.65 Å². The molecule has 4 nitrogen and oxygen atoms in total. The van der Waals surface area contributed by atoms with E-state index in [9.17, 15) is 0 Å². The first-order chi connectivity index (χ1) is 8.93. The molecule has 1 aliphatic heterocycles. The number of H-pyrrole nitrogens is 1. The number of hydrogen-bond donors (Lipinski definition) is 2. The highest BCUT2D eigenvalue weighted by Gasteiger charge is 2.17. The van der Waals surface area contributed by atoms with Crippen molar-refractivity contribution >= 4 is 21.9 Å². The number of piperidine rings is 1. The summed E-state index contributed by atoms with van der Waals surface area (Å²) in [5.74, 6) is 0. The van der Waals surface area contributed by atoms with E-state index in [1.807, 2.05) is 12.4 Å². The molecule has 0 saturated carbocycles. The van der Waals surface area contributed by atoms with Crippen molar-refractivity contribution in [2.75, 3.05) is 13.1 Å². The standard InChI is InChI=1S/C14H16N4/c1-5-15-6-2-11(1)18-8-4-10-9-17-14-12(13(10)18)3-7-16-14/h3-4,7-9,11,15H,1-2,5-6H2,(H,16,17). The average Bonchev–Trinajstić information content (AvgIpc) is 3.05. The molecule has 92 valence electrons. The van der Waals surface area contributed by atoms with Crippen molar-refractivity contribution in [1.29, 1.82) is 0 Å². The lowest BCUT2D eigenvalue weighted by Gasteiger charge is -2.25. The zero-order valence-corrected chi connectivity index (χ0v) is 10.2. The monoisotopic (exact) mass is 240 g/mol. The van der Waals surface area contributed by atoms with Gasteiger partial charge in [0, 0.05) is 35.4 Å². The van der Waals surface area contributed by atoms with E-state index >= 15 is 0 Å². The van der Waals surface area contributed by atoms with Gasteiger partial charge in [-0.1, -0.05) is 0 Å². The summed E-state index contributed by atoms with van der Waals surface area (Å²) in [5, 5.41) is 5.89. The van der Waals surface area contributed by atoms with E-state index in [1.54, 1.807) is 0 Å². The van der Waals surface area contributed by atoms with E-state index in [1.165, 1.54) is 29.1 Å². The van der Waals surface area contributed by atoms with E-state index in [2.05, 4.69) is 38.2 Å². The van der Waals surface area contributed by atoms with Gasteiger partial charge in [-0.25, -0.2) is 4.98 Å². The fourth-order valence-corrected chi connectivity index (χ4v) is 3.04. The quantitative estimate of drug-likeness (QED) is 0.686. The smallest absolute Gasteiger partial charge is 0.139 e. The topological polar surface area (TPSA) is 45.6 Å². The van der Waals surface area contributed by atoms with Gasteiger partial charge in [0.05, 0.1) is 5.52 Å². The lowest BCUT2D eigenvalue weighted by molar-refractivity contribution is 0.376. The van der Waals surface area contributed by atoms with Crippen molar-refractivity contribution in [2.24, 2.45) is 0 Å². The van der Waals surface area contributed by atoms with E-state index < -0.39 is 0 Å². The van der Waals surface area contributed by atoms with Crippen LogP contribution in [0, 0.1) is 0 Å². The summed E-state index contributed by atoms with van der Waals surface area (Å²) in [6.45, 7) is 2.23. The van der Waals surface area contributed by atoms with Crippen LogP contribution in [0.5, 0.6) is 0 Å². The summed E-state index contributed by atoms with van der Waals surface area (Å²) in [7, 11) is 0. The molecule has 4 heteroatoms. The highest BCUT2D eigenvalue weighted by atomic mass is 15.0. The van der Waals surface area contributed by atoms with E-state index in [0.29, 0.717) is 6.04 Å². The highest BCUT2D eigenvalue weighted by Crippen LogP contribution is 2.29. The molecule has 0 spiro atoms. The lowest BCUT2D eigenvalue weighted by atomic mass is 10.1. The summed E-state index contributed by atoms with van der Waals surface area (Å²) >= 11 is 0. The molecule has 0 radical (unpaired) electrons. The molecule has 4 rings (SSSR count). The van der Waals surface area contributed by atoms with Crippen LogP contribution in [0.25, 0.3) is 21.9 Å². The maximum absolute atomic E-state index is 4.45. The van der Waals surface area contributed by atoms with Crippen molar-refractivity contribution < 1.29 is 0 Å². The summed E-state index contributed by atoms with van der Waals surface area (Å²) in [5.41, 5.74) is 2.31. The minimum atomic E-state index is 0.615. The fraction of sp³-hybridized carbons (Fsp3) is 0.357. The Morgan fingerprint density at radius 1 is 1.22 bits per heavy atom. The second kappa shape index (κ2) is 3.85. The summed E-state index contributed by atoms with van der Waals surface area (Å²) in [4.78, 5) is 7.64. The van der Waals surface area contributed by atoms with E-state index in [-0.39, 0.29) is 0 Å². The Morgan fingerprint density at radius 2 is 2.11 bits per heavy atom. The second-order valence-corrected chi connectivity index (χ2v) is 5.01. The maximum atomic E-state index is 4.45. The Hall–Kier alpha value is -1.81. The molecule has 1 fully saturated rings. The third kappa shape index (κ3) is 1.39. The number of rotatable bonds is 1. The fourth-order valence-electron chi connectivity index (χ4n) is 3.04. The SMILES string of the molecule is c1cc2c(ncc3ccn(C4CCNCC4)c32)[nH]1. The maximum Gasteiger partial charge on any atom is 0.139 e. The predicted molar refractivity (Wildman–Crippen MR) is 72.7 cm³/mol. The zero-order chi connectivity index (χ0) is 11.9. The van der Waals surface area contributed by atoms with Gasteiger partial charge in [0.15, 0.2) is 0 Å². The molecule has 3 aromatic rings. The minimum absolute atomic E-state index is 0.615. The number of hydrogen-bond acceptors (Lipinski definition) is 2. The summed E-state index contributed by atoms with van der Waals surface area (Å²) in [6.07, 6.45) is 8.56. The van der Waals surface area contributed by atoms with Crippen molar-refractivity contribution in [2.45, 2.75) is 18.9 Å². The Bertz CT molecular complexity index is 688. The summed E-state index contributed by atoms with van der Waals surface area (Å²) < 4.78 is 2.44. The third-order valence-electron chi connectivity index (χ3n) is 3.96. The lowest BCUT2D eigenvalue weighted by Crippen LogP contribution is -2.29. The molecule has 4 heterocycles. The van der Waals surface area contributed by atoms with Crippen molar-refractivity contribution in [3.63, 3.8) is 0 Å². The van der Waals surface area contributed by atoms with Gasteiger partial charge in [-0.05, 0) is 38.1 Å². The first-order valence-corrected chi connectivity index (χ1v) is 6.57. The number of aromatic nitrogens is 3. The molecule has 0 amide bonds. The third-order valence-corrected chi connectivity index (χ3v) is 3.96. The van der Waals surface area contributed by atoms with Crippen LogP contribution in [0.3, 0.4) is 0 Å². The Morgan fingerprint density at radius 3 is 3.00 bits per heavy atom. The van der Waals surface area contributed by atoms with Crippen LogP contribution < -0.4 is 5.32 Å².